The van der Waals surface area contributed by atoms with Crippen LogP contribution in [0.2, 0.25) is 0 Å². The molecule has 25 heteroatoms. The van der Waals surface area contributed by atoms with Crippen LogP contribution in [0.5, 0.6) is 35.3 Å². The predicted molar refractivity (Wildman–Crippen MR) is 395 cm³/mol. The molecule has 15 rings (SSSR count). The summed E-state index contributed by atoms with van der Waals surface area (Å²) in [4.78, 5) is 55.5. The molecule has 6 heterocycles. The number of benzene rings is 6. The number of methoxy groups -OCH3 is 3. The number of carboxylic acids is 1. The van der Waals surface area contributed by atoms with Crippen molar-refractivity contribution in [3.8, 4) is 41.3 Å². The summed E-state index contributed by atoms with van der Waals surface area (Å²) in [6.07, 6.45) is -3.40. The lowest BCUT2D eigenvalue weighted by atomic mass is 9.70. The van der Waals surface area contributed by atoms with Gasteiger partial charge in [-0.2, -0.15) is 20.2 Å². The number of rotatable bonds is 12. The fourth-order valence-corrected chi connectivity index (χ4v) is 17.0. The van der Waals surface area contributed by atoms with Crippen molar-refractivity contribution in [2.45, 2.75) is 89.9 Å². The summed E-state index contributed by atoms with van der Waals surface area (Å²) in [5.74, 6) is -6.35. The maximum absolute atomic E-state index is 13.5. The topological polar surface area (TPSA) is 317 Å². The summed E-state index contributed by atoms with van der Waals surface area (Å²) < 4.78 is 37.0. The van der Waals surface area contributed by atoms with Crippen LogP contribution < -0.4 is 28.4 Å². The monoisotopic (exact) mass is 1570 g/mol. The largest absolute Gasteiger partial charge is 0.481 e. The average Bonchev–Trinajstić information content (AvgIpc) is 1.51. The number of ether oxygens (including phenoxy) is 6. The number of hydrogen-bond acceptors (Lipinski definition) is 19. The summed E-state index contributed by atoms with van der Waals surface area (Å²) in [5, 5.41) is 91.6. The van der Waals surface area contributed by atoms with Gasteiger partial charge in [-0.05, 0) is 88.0 Å². The maximum Gasteiger partial charge on any atom is 0.310 e. The van der Waals surface area contributed by atoms with E-state index in [1.807, 2.05) is 91.0 Å². The first-order chi connectivity index (χ1) is 49.8. The van der Waals surface area contributed by atoms with Crippen LogP contribution in [0.15, 0.2) is 209 Å². The van der Waals surface area contributed by atoms with Crippen LogP contribution in [0.3, 0.4) is 0 Å². The molecule has 3 aliphatic heterocycles. The molecular formula is C80H79Br2ClN6O16. The van der Waals surface area contributed by atoms with Gasteiger partial charge in [-0.3, -0.25) is 14.4 Å². The van der Waals surface area contributed by atoms with Crippen LogP contribution in [0.1, 0.15) is 93.7 Å². The fourth-order valence-electron chi connectivity index (χ4n) is 16.4. The number of amides is 2. The first-order valence-corrected chi connectivity index (χ1v) is 35.2. The van der Waals surface area contributed by atoms with Crippen molar-refractivity contribution in [2.75, 3.05) is 49.5 Å². The van der Waals surface area contributed by atoms with Crippen molar-refractivity contribution in [2.24, 2.45) is 17.8 Å². The average molecular weight is 1580 g/mol. The van der Waals surface area contributed by atoms with Crippen molar-refractivity contribution in [3.63, 3.8) is 0 Å². The molecule has 0 unspecified atom stereocenters. The molecule has 3 aliphatic carbocycles. The quantitative estimate of drug-likeness (QED) is 0.0598. The molecule has 9 aromatic rings. The third-order valence-electron chi connectivity index (χ3n) is 20.7. The Balaban J connectivity index is 0.000000154. The number of aromatic nitrogens is 3. The van der Waals surface area contributed by atoms with E-state index in [1.165, 1.54) is 37.6 Å². The van der Waals surface area contributed by atoms with E-state index in [2.05, 4.69) is 66.7 Å². The SMILES string of the molecule is CCC.COc1ccc2c(n1)O[C@@]1(c3ccc(Br)cc3)[C@H](c3ccccc3)[C@@H](C(=O)N(C)C)[C@@H](O)[C@@]21O.COc1ccc2c(n1)O[C@@]1(c3ccc(Br)cc3)[C@H](c3ccccc3)[C@@H](C(=O)O)[C@@H](O)[C@@]21O.COc1ccc2c(n1)O[C@@]1(c3ccc(C#N)cc3)[C@H](c3ccccc3)[C@@H](C(=O)N(C)C)[C@@H](O)[C@@]21O.Cl. The van der Waals surface area contributed by atoms with Gasteiger partial charge in [0, 0.05) is 73.1 Å². The molecule has 22 nitrogen and oxygen atoms in total. The number of aliphatic hydroxyl groups excluding tert-OH is 3. The number of carboxylic acid groups (broad SMARTS) is 1. The Kier molecular flexibility index (Phi) is 21.7. The maximum atomic E-state index is 13.5. The number of aliphatic hydroxyl groups is 6. The molecule has 0 saturated heterocycles. The number of aliphatic carboxylic acids is 1. The second-order valence-corrected chi connectivity index (χ2v) is 28.6. The van der Waals surface area contributed by atoms with E-state index in [0.29, 0.717) is 44.8 Å². The van der Waals surface area contributed by atoms with Crippen molar-refractivity contribution < 1.29 is 78.6 Å². The van der Waals surface area contributed by atoms with E-state index in [1.54, 1.807) is 137 Å². The molecule has 0 radical (unpaired) electrons. The number of pyridine rings is 3. The Morgan fingerprint density at radius 2 is 0.724 bits per heavy atom. The first-order valence-electron chi connectivity index (χ1n) is 33.6. The van der Waals surface area contributed by atoms with Gasteiger partial charge in [0.1, 0.15) is 18.3 Å². The van der Waals surface area contributed by atoms with Crippen molar-refractivity contribution in [3.05, 3.63) is 265 Å². The third kappa shape index (κ3) is 11.8. The van der Waals surface area contributed by atoms with Crippen molar-refractivity contribution in [1.82, 2.24) is 24.8 Å². The molecule has 105 heavy (non-hydrogen) atoms. The number of carbonyl (C=O) groups excluding carboxylic acids is 2. The molecule has 3 fully saturated rings. The minimum atomic E-state index is -2.07. The highest BCUT2D eigenvalue weighted by atomic mass is 79.9. The smallest absolute Gasteiger partial charge is 0.310 e. The van der Waals surface area contributed by atoms with E-state index in [9.17, 15) is 55.4 Å². The Bertz CT molecular complexity index is 4710. The second-order valence-electron chi connectivity index (χ2n) is 26.7. The highest BCUT2D eigenvalue weighted by Crippen LogP contribution is 2.72. The third-order valence-corrected chi connectivity index (χ3v) is 21.8. The summed E-state index contributed by atoms with van der Waals surface area (Å²) in [6, 6.07) is 60.3. The minimum Gasteiger partial charge on any atom is -0.481 e. The van der Waals surface area contributed by atoms with E-state index < -0.39 is 93.4 Å². The lowest BCUT2D eigenvalue weighted by Gasteiger charge is -2.40. The number of carbonyl (C=O) groups is 3. The number of hydrogen-bond donors (Lipinski definition) is 7. The summed E-state index contributed by atoms with van der Waals surface area (Å²) in [5.41, 5.74) is -5.82. The second kappa shape index (κ2) is 29.8. The number of halogens is 3. The van der Waals surface area contributed by atoms with E-state index in [-0.39, 0.29) is 64.7 Å². The Morgan fingerprint density at radius 1 is 0.457 bits per heavy atom. The van der Waals surface area contributed by atoms with Gasteiger partial charge in [0.15, 0.2) is 33.6 Å². The van der Waals surface area contributed by atoms with Crippen molar-refractivity contribution >= 4 is 62.1 Å². The Hall–Kier alpha value is -9.52. The molecule has 3 aromatic heterocycles. The van der Waals surface area contributed by atoms with Crippen LogP contribution in [-0.4, -0.2) is 146 Å². The Morgan fingerprint density at radius 3 is 0.981 bits per heavy atom. The molecule has 15 atom stereocenters. The molecule has 7 N–H and O–H groups in total. The van der Waals surface area contributed by atoms with Gasteiger partial charge in [0.25, 0.3) is 0 Å². The molecule has 3 saturated carbocycles. The zero-order valence-corrected chi connectivity index (χ0v) is 62.6. The van der Waals surface area contributed by atoms with Gasteiger partial charge < -0.3 is 74.0 Å². The molecule has 0 spiro atoms. The van der Waals surface area contributed by atoms with Crippen LogP contribution in [0, 0.1) is 29.1 Å². The number of nitrogens with zero attached hydrogens (tertiary/aromatic N) is 6. The van der Waals surface area contributed by atoms with E-state index >= 15 is 0 Å². The lowest BCUT2D eigenvalue weighted by molar-refractivity contribution is -0.159. The zero-order valence-electron chi connectivity index (χ0n) is 58.6. The highest BCUT2D eigenvalue weighted by Gasteiger charge is 2.81. The van der Waals surface area contributed by atoms with Crippen LogP contribution in [0.25, 0.3) is 0 Å². The summed E-state index contributed by atoms with van der Waals surface area (Å²) in [6.45, 7) is 4.25. The van der Waals surface area contributed by atoms with E-state index in [0.717, 1.165) is 14.5 Å². The summed E-state index contributed by atoms with van der Waals surface area (Å²) in [7, 11) is 11.0. The van der Waals surface area contributed by atoms with E-state index in [4.69, 9.17) is 28.4 Å². The predicted octanol–water partition coefficient (Wildman–Crippen LogP) is 10.5. The van der Waals surface area contributed by atoms with Crippen LogP contribution in [-0.2, 0) is 48.0 Å². The van der Waals surface area contributed by atoms with Gasteiger partial charge in [-0.1, -0.05) is 180 Å². The minimum absolute atomic E-state index is 0. The van der Waals surface area contributed by atoms with Gasteiger partial charge in [0.05, 0.1) is 67.4 Å². The Labute approximate surface area is 630 Å². The van der Waals surface area contributed by atoms with Crippen molar-refractivity contribution in [1.29, 1.82) is 5.26 Å². The van der Waals surface area contributed by atoms with Crippen LogP contribution >= 0.6 is 44.3 Å². The number of fused-ring (bicyclic) bond motifs is 9. The fraction of sp³-hybridized carbons (Fsp3) is 0.312. The number of nitriles is 1. The summed E-state index contributed by atoms with van der Waals surface area (Å²) >= 11 is 6.88. The molecule has 546 valence electrons. The molecule has 0 bridgehead atoms. The highest BCUT2D eigenvalue weighted by molar-refractivity contribution is 9.10. The normalized spacial score (nSPS) is 28.3. The van der Waals surface area contributed by atoms with Gasteiger partial charge in [-0.25, -0.2) is 0 Å². The molecule has 6 aromatic carbocycles. The molecular weight excluding hydrogens is 1500 g/mol. The first kappa shape index (κ1) is 76.6. The zero-order chi connectivity index (χ0) is 74.6. The lowest BCUT2D eigenvalue weighted by Crippen LogP contribution is -2.52. The van der Waals surface area contributed by atoms with Gasteiger partial charge >= 0.3 is 5.97 Å². The van der Waals surface area contributed by atoms with Crippen LogP contribution in [0.4, 0.5) is 0 Å². The van der Waals surface area contributed by atoms with Gasteiger partial charge in [0.2, 0.25) is 47.1 Å². The van der Waals surface area contributed by atoms with Gasteiger partial charge in [-0.15, -0.1) is 12.4 Å². The molecule has 2 amide bonds. The standard InChI is InChI=1S/C27H25N3O5.C26H25BrN2O5.C24H20BrNO6.C3H8.ClH/c1-30(2)25(32)21-22(17-7-5-4-6-8-17)27(18-11-9-16(15-28)10-12-18)26(33,23(21)31)19-13-14-20(34-3)29-24(19)35-27;1-29(2)24(31)20-21(15-7-5-4-6-8-15)26(16-9-11-17(27)12-10-16)25(32,22(20)30)18-13-14-19(33-3)28-23(18)34-26;1-31-17-12-11-16-21(26-17)32-24(14-7-9-15(25)10-8-14)19(13-5-3-2-4-6-13)18(22(28)29)20(27)23(16,24)30;1-3-2;/h4-14,21-23,31,33H,1-3H3;4-14,20-22,30,32H,1-3H3;2-12,18-20,27,30H,1H3,(H,28,29);3H2,1-2H3;1H/t21-,22-,23-,26+,27+;20-,21-,22-,25+,26+;18-,19-,20-,23+,24+;;/m111../s1. The molecule has 6 aliphatic rings.